The maximum atomic E-state index is 14.3. The molecule has 0 aliphatic carbocycles. The molecule has 0 amide bonds. The summed E-state index contributed by atoms with van der Waals surface area (Å²) >= 11 is 0. The summed E-state index contributed by atoms with van der Waals surface area (Å²) in [6.07, 6.45) is 0. The monoisotopic (exact) mass is 1360 g/mol. The summed E-state index contributed by atoms with van der Waals surface area (Å²) in [6.45, 7) is 0. The number of halogens is 4. The van der Waals surface area contributed by atoms with Crippen LogP contribution in [0.15, 0.2) is 328 Å². The molecule has 0 atom stereocenters. The van der Waals surface area contributed by atoms with E-state index in [0.717, 1.165) is 138 Å². The molecule has 105 heavy (non-hydrogen) atoms. The second-order valence-corrected chi connectivity index (χ2v) is 25.4. The van der Waals surface area contributed by atoms with Crippen molar-refractivity contribution in [1.82, 2.24) is 48.2 Å². The van der Waals surface area contributed by atoms with Crippen LogP contribution in [0.2, 0.25) is 0 Å². The lowest BCUT2D eigenvalue weighted by atomic mass is 10.0. The summed E-state index contributed by atoms with van der Waals surface area (Å²) in [5.74, 6) is -5.28. The van der Waals surface area contributed by atoms with Crippen molar-refractivity contribution in [2.75, 3.05) is 0 Å². The van der Waals surface area contributed by atoms with Gasteiger partial charge in [0.25, 0.3) is 11.9 Å². The number of fused-ring (bicyclic) bond motifs is 12. The second kappa shape index (κ2) is 25.9. The van der Waals surface area contributed by atoms with Crippen molar-refractivity contribution in [2.24, 2.45) is 0 Å². The Morgan fingerprint density at radius 3 is 0.667 bits per heavy atom. The fourth-order valence-corrected chi connectivity index (χ4v) is 14.9. The quantitative estimate of drug-likeness (QED) is 0.0769. The van der Waals surface area contributed by atoms with Gasteiger partial charge in [0.15, 0.2) is 34.9 Å². The molecule has 8 heterocycles. The first-order valence-electron chi connectivity index (χ1n) is 34.0. The minimum atomic E-state index is -1.76. The molecule has 20 aromatic rings. The van der Waals surface area contributed by atoms with Crippen LogP contribution in [0.1, 0.15) is 0 Å². The first kappa shape index (κ1) is 63.3. The molecule has 0 saturated carbocycles. The molecule has 12 aromatic carbocycles. The maximum absolute atomic E-state index is 14.3. The highest BCUT2D eigenvalue weighted by atomic mass is 19.2. The van der Waals surface area contributed by atoms with Gasteiger partial charge < -0.3 is 9.13 Å². The third kappa shape index (κ3) is 10.5. The van der Waals surface area contributed by atoms with Crippen LogP contribution >= 0.6 is 0 Å². The Morgan fingerprint density at radius 1 is 0.210 bits per heavy atom. The summed E-state index contributed by atoms with van der Waals surface area (Å²) in [7, 11) is 0. The molecule has 0 spiro atoms. The molecule has 0 N–H and O–H groups in total. The Labute approximate surface area is 599 Å². The van der Waals surface area contributed by atoms with Gasteiger partial charge in [0.05, 0.1) is 72.5 Å². The van der Waals surface area contributed by atoms with E-state index in [1.54, 1.807) is 66.7 Å². The largest absolute Gasteiger partial charge is 0.305 e. The van der Waals surface area contributed by atoms with Crippen molar-refractivity contribution >= 4 is 95.6 Å². The van der Waals surface area contributed by atoms with Crippen LogP contribution in [-0.2, 0) is 0 Å². The zero-order chi connectivity index (χ0) is 69.5. The normalized spacial score (nSPS) is 11.5. The zero-order valence-electron chi connectivity index (χ0n) is 55.7. The van der Waals surface area contributed by atoms with E-state index >= 15 is 0 Å². The molecule has 10 nitrogen and oxygen atoms in total. The number of pyridine rings is 2. The Balaban J connectivity index is 0.000000227. The highest BCUT2D eigenvalue weighted by molar-refractivity contribution is 6.16. The minimum absolute atomic E-state index is 0. The summed E-state index contributed by atoms with van der Waals surface area (Å²) in [4.78, 5) is 29.0. The van der Waals surface area contributed by atoms with Crippen LogP contribution in [0.25, 0.3) is 178 Å². The number of rotatable bonds is 10. The fraction of sp³-hybridized carbons (Fsp3) is 0. The molecule has 20 rings (SSSR count). The zero-order valence-corrected chi connectivity index (χ0v) is 55.7. The van der Waals surface area contributed by atoms with Gasteiger partial charge in [-0.15, -0.1) is 0 Å². The molecular weight excluding hydrogens is 1310 g/mol. The van der Waals surface area contributed by atoms with Gasteiger partial charge in [0, 0.05) is 73.8 Å². The summed E-state index contributed by atoms with van der Waals surface area (Å²) in [6, 6.07) is 112. The van der Waals surface area contributed by atoms with Gasteiger partial charge in [-0.2, -0.15) is 13.8 Å². The summed E-state index contributed by atoms with van der Waals surface area (Å²) in [5.41, 5.74) is 15.4. The van der Waals surface area contributed by atoms with Crippen molar-refractivity contribution in [1.29, 1.82) is 0 Å². The lowest BCUT2D eigenvalue weighted by molar-refractivity contribution is 0.410. The van der Waals surface area contributed by atoms with Crippen LogP contribution < -0.4 is 0 Å². The lowest BCUT2D eigenvalue weighted by Crippen LogP contribution is -2.17. The third-order valence-electron chi connectivity index (χ3n) is 19.5. The van der Waals surface area contributed by atoms with E-state index in [0.29, 0.717) is 28.3 Å². The van der Waals surface area contributed by atoms with E-state index in [1.165, 1.54) is 0 Å². The molecule has 0 aliphatic heterocycles. The molecule has 0 aliphatic rings. The van der Waals surface area contributed by atoms with Gasteiger partial charge in [-0.25, -0.2) is 33.7 Å². The van der Waals surface area contributed by atoms with Gasteiger partial charge in [0.1, 0.15) is 16.9 Å². The standard InChI is InChI=1S/C69H43N7.C21H11F4N3.B/c1-3-23-44(24-4-1)54-43-55(45-25-5-2-6-26-45)71-67(70-54)64-65(73-56-35-15-7-27-46(56)47-28-8-16-36-57(47)73)68(75-60-39-19-11-31-50(60)51-32-12-20-40-61(51)75)72-69(76-62-41-21-13-33-52(62)53-34-14-22-42-63(53)76)66(64)74-58-37-17-9-29-48(58)49-30-10-18-38-59(49)74;22-17-16(18(23)20(25)28-19(17)24)21-26-14(12-7-3-1-4-8-12)11-15(27-21)13-9-5-2-6-10-13;/h1-43H;1-11H;. The molecule has 0 saturated heterocycles. The molecule has 15 heteroatoms. The lowest BCUT2D eigenvalue weighted by Gasteiger charge is -2.26. The summed E-state index contributed by atoms with van der Waals surface area (Å²) in [5, 5.41) is 9.05. The van der Waals surface area contributed by atoms with E-state index in [9.17, 15) is 17.6 Å². The predicted octanol–water partition coefficient (Wildman–Crippen LogP) is 22.3. The number of hydrogen-bond acceptors (Lipinski definition) is 6. The topological polar surface area (TPSA) is 97.1 Å². The Hall–Kier alpha value is -13.9. The average molecular weight is 1360 g/mol. The van der Waals surface area contributed by atoms with Gasteiger partial charge in [-0.05, 0) is 60.7 Å². The fourth-order valence-electron chi connectivity index (χ4n) is 14.9. The second-order valence-electron chi connectivity index (χ2n) is 25.4. The molecular formula is C90H54BF4N10. The van der Waals surface area contributed by atoms with Crippen LogP contribution in [0, 0.1) is 23.5 Å². The highest BCUT2D eigenvalue weighted by Crippen LogP contribution is 2.49. The summed E-state index contributed by atoms with van der Waals surface area (Å²) < 4.78 is 65.4. The Kier molecular flexibility index (Phi) is 15.6. The van der Waals surface area contributed by atoms with Crippen molar-refractivity contribution in [2.45, 2.75) is 0 Å². The van der Waals surface area contributed by atoms with Crippen LogP contribution in [0.4, 0.5) is 17.6 Å². The Morgan fingerprint density at radius 2 is 0.419 bits per heavy atom. The number of hydrogen-bond donors (Lipinski definition) is 0. The third-order valence-corrected chi connectivity index (χ3v) is 19.5. The van der Waals surface area contributed by atoms with E-state index in [1.807, 2.05) is 0 Å². The van der Waals surface area contributed by atoms with Gasteiger partial charge >= 0.3 is 0 Å². The van der Waals surface area contributed by atoms with Gasteiger partial charge in [-0.1, -0.05) is 267 Å². The molecule has 8 aromatic heterocycles. The molecule has 0 bridgehead atoms. The van der Waals surface area contributed by atoms with Gasteiger partial charge in [-0.3, -0.25) is 9.13 Å². The number of nitrogens with zero attached hydrogens (tertiary/aromatic N) is 10. The van der Waals surface area contributed by atoms with Crippen molar-refractivity contribution in [3.8, 4) is 90.8 Å². The minimum Gasteiger partial charge on any atom is -0.305 e. The predicted molar refractivity (Wildman–Crippen MR) is 415 cm³/mol. The molecule has 0 unspecified atom stereocenters. The molecule has 495 valence electrons. The average Bonchev–Trinajstić information content (AvgIpc) is 1.65. The molecule has 0 fully saturated rings. The van der Waals surface area contributed by atoms with Crippen LogP contribution in [-0.4, -0.2) is 56.6 Å². The molecule has 3 radical (unpaired) electrons. The smallest absolute Gasteiger partial charge is 0.252 e. The number of benzene rings is 12. The maximum Gasteiger partial charge on any atom is 0.252 e. The highest BCUT2D eigenvalue weighted by Gasteiger charge is 2.35. The SMILES string of the molecule is Fc1nc(F)c(F)c(-c2nc(-c3ccccc3)cc(-c3ccccc3)n2)c1F.[B].c1ccc(-c2cc(-c3ccccc3)nc(-c3c(-n4c5ccccc5c5ccccc54)c(-n4c5ccccc5c5ccccc54)nc(-n4c5ccccc5c5ccccc54)c3-n3c4ccccc4c4ccccc43)n2)cc1. The van der Waals surface area contributed by atoms with Crippen LogP contribution in [0.5, 0.6) is 0 Å². The Bertz CT molecular complexity index is 6190. The van der Waals surface area contributed by atoms with Crippen molar-refractivity contribution in [3.05, 3.63) is 351 Å². The van der Waals surface area contributed by atoms with Crippen molar-refractivity contribution in [3.63, 3.8) is 0 Å². The van der Waals surface area contributed by atoms with Crippen LogP contribution in [0.3, 0.4) is 0 Å². The van der Waals surface area contributed by atoms with E-state index in [4.69, 9.17) is 15.0 Å². The van der Waals surface area contributed by atoms with E-state index < -0.39 is 34.9 Å². The first-order valence-corrected chi connectivity index (χ1v) is 34.0. The van der Waals surface area contributed by atoms with E-state index in [2.05, 4.69) is 294 Å². The first-order chi connectivity index (χ1) is 51.3. The number of aromatic nitrogens is 10. The van der Waals surface area contributed by atoms with Crippen molar-refractivity contribution < 1.29 is 17.6 Å². The van der Waals surface area contributed by atoms with Gasteiger partial charge in [0.2, 0.25) is 0 Å². The number of para-hydroxylation sites is 8. The van der Waals surface area contributed by atoms with E-state index in [-0.39, 0.29) is 8.41 Å².